The summed E-state index contributed by atoms with van der Waals surface area (Å²) in [7, 11) is -3.79. The fraction of sp³-hybridized carbons (Fsp3) is 0.500. The van der Waals surface area contributed by atoms with E-state index in [1.807, 2.05) is 10.7 Å². The van der Waals surface area contributed by atoms with Gasteiger partial charge in [-0.25, -0.2) is 17.5 Å². The van der Waals surface area contributed by atoms with Crippen LogP contribution in [0.3, 0.4) is 0 Å². The van der Waals surface area contributed by atoms with Crippen LogP contribution in [0.1, 0.15) is 30.8 Å². The lowest BCUT2D eigenvalue weighted by Crippen LogP contribution is -2.36. The number of sulfonamides is 1. The molecule has 0 radical (unpaired) electrons. The van der Waals surface area contributed by atoms with Crippen molar-refractivity contribution in [2.24, 2.45) is 5.92 Å². The van der Waals surface area contributed by atoms with Gasteiger partial charge in [-0.2, -0.15) is 5.10 Å². The minimum absolute atomic E-state index is 0.0374. The molecule has 26 heavy (non-hydrogen) atoms. The first-order chi connectivity index (χ1) is 12.2. The molecule has 2 heterocycles. The van der Waals surface area contributed by atoms with Crippen LogP contribution in [-0.2, 0) is 29.7 Å². The van der Waals surface area contributed by atoms with Crippen molar-refractivity contribution in [3.05, 3.63) is 47.0 Å². The van der Waals surface area contributed by atoms with Crippen molar-refractivity contribution in [1.29, 1.82) is 0 Å². The summed E-state index contributed by atoms with van der Waals surface area (Å²) in [5, 5.41) is 4.49. The van der Waals surface area contributed by atoms with Crippen molar-refractivity contribution < 1.29 is 12.8 Å². The molecule has 0 fully saturated rings. The van der Waals surface area contributed by atoms with Gasteiger partial charge in [0.05, 0.1) is 29.4 Å². The fourth-order valence-corrected chi connectivity index (χ4v) is 4.50. The van der Waals surface area contributed by atoms with Gasteiger partial charge in [0, 0.05) is 19.6 Å². The molecule has 0 bridgehead atoms. The number of aryl methyl sites for hydroxylation is 1. The fourth-order valence-electron chi connectivity index (χ4n) is 3.25. The van der Waals surface area contributed by atoms with Crippen LogP contribution >= 0.6 is 0 Å². The third-order valence-corrected chi connectivity index (χ3v) is 5.98. The van der Waals surface area contributed by atoms with Crippen molar-refractivity contribution in [3.63, 3.8) is 0 Å². The molecule has 0 amide bonds. The highest BCUT2D eigenvalue weighted by molar-refractivity contribution is 7.89. The molecular weight excluding hydrogens is 355 g/mol. The maximum atomic E-state index is 13.4. The lowest BCUT2D eigenvalue weighted by molar-refractivity contribution is 0.192. The maximum absolute atomic E-state index is 13.4. The van der Waals surface area contributed by atoms with Crippen molar-refractivity contribution in [2.45, 2.75) is 45.3 Å². The Morgan fingerprint density at radius 3 is 2.77 bits per heavy atom. The van der Waals surface area contributed by atoms with Crippen molar-refractivity contribution in [1.82, 2.24) is 19.4 Å². The molecule has 3 rings (SSSR count). The zero-order chi connectivity index (χ0) is 18.9. The van der Waals surface area contributed by atoms with Crippen molar-refractivity contribution >= 4 is 10.0 Å². The molecule has 2 aromatic rings. The molecule has 1 aliphatic heterocycles. The van der Waals surface area contributed by atoms with Gasteiger partial charge >= 0.3 is 0 Å². The average molecular weight is 380 g/mol. The SMILES string of the molecule is Cc1ccc(F)cc1S(=O)(=O)NCc1cc2n(n1)CCN(CC(C)C)C2. The molecule has 0 saturated carbocycles. The summed E-state index contributed by atoms with van der Waals surface area (Å²) in [4.78, 5) is 2.34. The summed E-state index contributed by atoms with van der Waals surface area (Å²) in [6, 6.07) is 5.69. The van der Waals surface area contributed by atoms with Crippen LogP contribution < -0.4 is 4.72 Å². The number of rotatable bonds is 6. The van der Waals surface area contributed by atoms with E-state index in [0.29, 0.717) is 17.2 Å². The Labute approximate surface area is 154 Å². The maximum Gasteiger partial charge on any atom is 0.241 e. The third-order valence-electron chi connectivity index (χ3n) is 4.43. The lowest BCUT2D eigenvalue weighted by atomic mass is 10.2. The van der Waals surface area contributed by atoms with Crippen LogP contribution in [0.4, 0.5) is 4.39 Å². The number of nitrogens with one attached hydrogen (secondary N) is 1. The van der Waals surface area contributed by atoms with E-state index < -0.39 is 15.8 Å². The highest BCUT2D eigenvalue weighted by Crippen LogP contribution is 2.18. The Hall–Kier alpha value is -1.77. The topological polar surface area (TPSA) is 67.2 Å². The quantitative estimate of drug-likeness (QED) is 0.835. The number of halogens is 1. The van der Waals surface area contributed by atoms with Gasteiger partial charge in [-0.05, 0) is 36.6 Å². The molecule has 8 heteroatoms. The summed E-state index contributed by atoms with van der Waals surface area (Å²) < 4.78 is 42.8. The highest BCUT2D eigenvalue weighted by Gasteiger charge is 2.21. The first kappa shape index (κ1) is 19.0. The van der Waals surface area contributed by atoms with E-state index in [1.54, 1.807) is 6.92 Å². The Bertz CT molecular complexity index is 893. The first-order valence-electron chi connectivity index (χ1n) is 8.78. The van der Waals surface area contributed by atoms with Crippen molar-refractivity contribution in [3.8, 4) is 0 Å². The molecule has 0 unspecified atom stereocenters. The number of nitrogens with zero attached hydrogens (tertiary/aromatic N) is 3. The van der Waals surface area contributed by atoms with Crippen LogP contribution in [-0.4, -0.2) is 36.2 Å². The van der Waals surface area contributed by atoms with Crippen LogP contribution in [0.5, 0.6) is 0 Å². The van der Waals surface area contributed by atoms with Crippen LogP contribution in [0.2, 0.25) is 0 Å². The smallest absolute Gasteiger partial charge is 0.241 e. The standard InChI is InChI=1S/C18H25FN4O2S/c1-13(2)11-22-6-7-23-17(12-22)9-16(21-23)10-20-26(24,25)18-8-15(19)5-4-14(18)3/h4-5,8-9,13,20H,6-7,10-12H2,1-3H3. The van der Waals surface area contributed by atoms with E-state index in [0.717, 1.165) is 37.9 Å². The first-order valence-corrected chi connectivity index (χ1v) is 10.3. The molecule has 1 N–H and O–H groups in total. The monoisotopic (exact) mass is 380 g/mol. The second-order valence-corrected chi connectivity index (χ2v) is 8.95. The van der Waals surface area contributed by atoms with Crippen LogP contribution in [0, 0.1) is 18.7 Å². The van der Waals surface area contributed by atoms with E-state index in [1.165, 1.54) is 12.1 Å². The van der Waals surface area contributed by atoms with Crippen LogP contribution in [0.15, 0.2) is 29.2 Å². The summed E-state index contributed by atoms with van der Waals surface area (Å²) in [5.74, 6) is 0.0314. The Kier molecular flexibility index (Phi) is 5.45. The molecular formula is C18H25FN4O2S. The molecule has 0 atom stereocenters. The number of benzene rings is 1. The average Bonchev–Trinajstić information content (AvgIpc) is 2.97. The predicted molar refractivity (Wildman–Crippen MR) is 97.5 cm³/mol. The summed E-state index contributed by atoms with van der Waals surface area (Å²) in [6.45, 7) is 9.72. The Balaban J connectivity index is 1.69. The molecule has 6 nitrogen and oxygen atoms in total. The summed E-state index contributed by atoms with van der Waals surface area (Å²) in [5.41, 5.74) is 2.27. The van der Waals surface area contributed by atoms with E-state index in [4.69, 9.17) is 0 Å². The zero-order valence-electron chi connectivity index (χ0n) is 15.4. The third kappa shape index (κ3) is 4.31. The van der Waals surface area contributed by atoms with E-state index >= 15 is 0 Å². The van der Waals surface area contributed by atoms with Gasteiger partial charge in [0.2, 0.25) is 10.0 Å². The second kappa shape index (κ2) is 7.46. The van der Waals surface area contributed by atoms with Gasteiger partial charge in [0.25, 0.3) is 0 Å². The van der Waals surface area contributed by atoms with Gasteiger partial charge in [0.15, 0.2) is 0 Å². The Morgan fingerprint density at radius 1 is 1.27 bits per heavy atom. The highest BCUT2D eigenvalue weighted by atomic mass is 32.2. The molecule has 1 aliphatic rings. The number of hydrogen-bond donors (Lipinski definition) is 1. The molecule has 0 aliphatic carbocycles. The summed E-state index contributed by atoms with van der Waals surface area (Å²) in [6.07, 6.45) is 0. The van der Waals surface area contributed by atoms with Crippen LogP contribution in [0.25, 0.3) is 0 Å². The van der Waals surface area contributed by atoms with E-state index in [-0.39, 0.29) is 11.4 Å². The molecule has 1 aromatic heterocycles. The van der Waals surface area contributed by atoms with Gasteiger partial charge in [-0.1, -0.05) is 19.9 Å². The lowest BCUT2D eigenvalue weighted by Gasteiger charge is -2.28. The molecule has 142 valence electrons. The zero-order valence-corrected chi connectivity index (χ0v) is 16.2. The van der Waals surface area contributed by atoms with Gasteiger partial charge < -0.3 is 0 Å². The normalized spacial score (nSPS) is 15.4. The van der Waals surface area contributed by atoms with E-state index in [2.05, 4.69) is 28.6 Å². The van der Waals surface area contributed by atoms with Crippen molar-refractivity contribution in [2.75, 3.05) is 13.1 Å². The predicted octanol–water partition coefficient (Wildman–Crippen LogP) is 2.28. The molecule has 0 saturated heterocycles. The van der Waals surface area contributed by atoms with E-state index in [9.17, 15) is 12.8 Å². The molecule has 1 aromatic carbocycles. The summed E-state index contributed by atoms with van der Waals surface area (Å²) >= 11 is 0. The number of aromatic nitrogens is 2. The second-order valence-electron chi connectivity index (χ2n) is 7.21. The van der Waals surface area contributed by atoms with Gasteiger partial charge in [-0.3, -0.25) is 9.58 Å². The minimum Gasteiger partial charge on any atom is -0.295 e. The Morgan fingerprint density at radius 2 is 2.04 bits per heavy atom. The van der Waals surface area contributed by atoms with Gasteiger partial charge in [-0.15, -0.1) is 0 Å². The van der Waals surface area contributed by atoms with Gasteiger partial charge in [0.1, 0.15) is 5.82 Å². The number of hydrogen-bond acceptors (Lipinski definition) is 4. The minimum atomic E-state index is -3.79. The molecule has 0 spiro atoms. The number of fused-ring (bicyclic) bond motifs is 1. The largest absolute Gasteiger partial charge is 0.295 e.